The maximum Gasteiger partial charge on any atom is 0.226 e. The van der Waals surface area contributed by atoms with Crippen molar-refractivity contribution in [2.24, 2.45) is 0 Å². The quantitative estimate of drug-likeness (QED) is 0.528. The normalized spacial score (nSPS) is 12.9. The lowest BCUT2D eigenvalue weighted by Crippen LogP contribution is -2.24. The number of benzene rings is 3. The minimum absolute atomic E-state index is 0.0631. The number of carbonyl (C=O) groups excluding carboxylic acids is 1. The molecule has 0 saturated carbocycles. The van der Waals surface area contributed by atoms with E-state index in [1.54, 1.807) is 0 Å². The van der Waals surface area contributed by atoms with E-state index in [9.17, 15) is 4.79 Å². The lowest BCUT2D eigenvalue weighted by molar-refractivity contribution is -0.120. The van der Waals surface area contributed by atoms with Crippen LogP contribution in [0.4, 0.5) is 5.69 Å². The zero-order valence-corrected chi connectivity index (χ0v) is 16.7. The van der Waals surface area contributed by atoms with Gasteiger partial charge >= 0.3 is 0 Å². The second kappa shape index (κ2) is 8.03. The molecule has 0 atom stereocenters. The summed E-state index contributed by atoms with van der Waals surface area (Å²) in [5.41, 5.74) is 6.50. The molecule has 150 valence electrons. The number of para-hydroxylation sites is 2. The molecular formula is C25H23N3O2. The summed E-state index contributed by atoms with van der Waals surface area (Å²) in [6.07, 6.45) is 1.32. The molecular weight excluding hydrogens is 374 g/mol. The Morgan fingerprint density at radius 2 is 1.73 bits per heavy atom. The van der Waals surface area contributed by atoms with Crippen molar-refractivity contribution in [2.45, 2.75) is 25.9 Å². The largest absolute Gasteiger partial charge is 0.367 e. The number of rotatable bonds is 6. The second-order valence-corrected chi connectivity index (χ2v) is 7.70. The van der Waals surface area contributed by atoms with E-state index in [0.29, 0.717) is 17.8 Å². The van der Waals surface area contributed by atoms with Crippen LogP contribution in [0.25, 0.3) is 11.0 Å². The molecule has 0 aliphatic carbocycles. The summed E-state index contributed by atoms with van der Waals surface area (Å²) >= 11 is 0. The van der Waals surface area contributed by atoms with Gasteiger partial charge in [-0.25, -0.2) is 0 Å². The Labute approximate surface area is 175 Å². The lowest BCUT2D eigenvalue weighted by atomic mass is 10.1. The maximum absolute atomic E-state index is 12.3. The molecule has 0 saturated heterocycles. The molecule has 0 radical (unpaired) electrons. The van der Waals surface area contributed by atoms with Crippen LogP contribution in [0.5, 0.6) is 0 Å². The number of amides is 1. The van der Waals surface area contributed by atoms with Gasteiger partial charge in [0.1, 0.15) is 5.69 Å². The number of carbonyl (C=O) groups is 1. The summed E-state index contributed by atoms with van der Waals surface area (Å²) in [7, 11) is 0. The molecule has 5 rings (SSSR count). The first kappa shape index (κ1) is 18.4. The molecule has 1 N–H and O–H groups in total. The number of nitrogens with one attached hydrogen (secondary N) is 1. The van der Waals surface area contributed by atoms with E-state index in [2.05, 4.69) is 63.9 Å². The molecule has 3 aromatic carbocycles. The second-order valence-electron chi connectivity index (χ2n) is 7.70. The van der Waals surface area contributed by atoms with Crippen LogP contribution in [0.2, 0.25) is 0 Å². The monoisotopic (exact) mass is 397 g/mol. The van der Waals surface area contributed by atoms with E-state index in [4.69, 9.17) is 4.52 Å². The number of anilines is 1. The Kier molecular flexibility index (Phi) is 4.93. The summed E-state index contributed by atoms with van der Waals surface area (Å²) in [5, 5.41) is 7.89. The number of hydrogen-bond donors (Lipinski definition) is 1. The Bertz CT molecular complexity index is 1180. The number of aromatic nitrogens is 1. The predicted octanol–water partition coefficient (Wildman–Crippen LogP) is 4.25. The van der Waals surface area contributed by atoms with E-state index < -0.39 is 0 Å². The van der Waals surface area contributed by atoms with E-state index in [-0.39, 0.29) is 12.3 Å². The van der Waals surface area contributed by atoms with E-state index >= 15 is 0 Å². The topological polar surface area (TPSA) is 58.4 Å². The van der Waals surface area contributed by atoms with Gasteiger partial charge in [0.05, 0.1) is 6.42 Å². The third-order valence-electron chi connectivity index (χ3n) is 5.65. The number of nitrogens with zero attached hydrogens (tertiary/aromatic N) is 2. The third-order valence-corrected chi connectivity index (χ3v) is 5.65. The van der Waals surface area contributed by atoms with Crippen LogP contribution >= 0.6 is 0 Å². The minimum Gasteiger partial charge on any atom is -0.367 e. The fourth-order valence-electron chi connectivity index (χ4n) is 4.03. The van der Waals surface area contributed by atoms with Gasteiger partial charge in [0.2, 0.25) is 5.91 Å². The van der Waals surface area contributed by atoms with Gasteiger partial charge in [0.15, 0.2) is 5.58 Å². The standard InChI is InChI=1S/C25H23N3O2/c29-25(15-22-21-6-2-4-8-24(21)30-27-22)26-16-18-9-11-19(12-10-18)17-28-14-13-20-5-1-3-7-23(20)28/h1-12H,13-17H2,(H,26,29). The van der Waals surface area contributed by atoms with Crippen molar-refractivity contribution in [3.05, 3.63) is 95.2 Å². The van der Waals surface area contributed by atoms with E-state index in [0.717, 1.165) is 30.5 Å². The highest BCUT2D eigenvalue weighted by Gasteiger charge is 2.18. The van der Waals surface area contributed by atoms with Gasteiger partial charge < -0.3 is 14.7 Å². The first-order valence-electron chi connectivity index (χ1n) is 10.3. The first-order chi connectivity index (χ1) is 14.8. The van der Waals surface area contributed by atoms with Crippen LogP contribution < -0.4 is 10.2 Å². The van der Waals surface area contributed by atoms with Crippen molar-refractivity contribution >= 4 is 22.6 Å². The van der Waals surface area contributed by atoms with Crippen LogP contribution in [0, 0.1) is 0 Å². The molecule has 5 heteroatoms. The predicted molar refractivity (Wildman–Crippen MR) is 117 cm³/mol. The zero-order chi connectivity index (χ0) is 20.3. The maximum atomic E-state index is 12.3. The average Bonchev–Trinajstić information content (AvgIpc) is 3.38. The molecule has 1 aromatic heterocycles. The molecule has 1 amide bonds. The van der Waals surface area contributed by atoms with Gasteiger partial charge in [0, 0.05) is 30.7 Å². The highest BCUT2D eigenvalue weighted by Crippen LogP contribution is 2.28. The molecule has 0 fully saturated rings. The van der Waals surface area contributed by atoms with E-state index in [1.807, 2.05) is 24.3 Å². The molecule has 4 aromatic rings. The van der Waals surface area contributed by atoms with Gasteiger partial charge in [-0.2, -0.15) is 0 Å². The van der Waals surface area contributed by atoms with Crippen LogP contribution in [-0.2, 0) is 30.7 Å². The average molecular weight is 397 g/mol. The molecule has 0 spiro atoms. The molecule has 5 nitrogen and oxygen atoms in total. The summed E-state index contributed by atoms with van der Waals surface area (Å²) in [6.45, 7) is 2.47. The first-order valence-corrected chi connectivity index (χ1v) is 10.3. The lowest BCUT2D eigenvalue weighted by Gasteiger charge is -2.19. The minimum atomic E-state index is -0.0631. The van der Waals surface area contributed by atoms with Crippen molar-refractivity contribution in [1.29, 1.82) is 0 Å². The summed E-state index contributed by atoms with van der Waals surface area (Å²) in [6, 6.07) is 24.7. The zero-order valence-electron chi connectivity index (χ0n) is 16.7. The number of fused-ring (bicyclic) bond motifs is 2. The Balaban J connectivity index is 1.16. The molecule has 30 heavy (non-hydrogen) atoms. The van der Waals surface area contributed by atoms with Crippen molar-refractivity contribution in [3.8, 4) is 0 Å². The van der Waals surface area contributed by atoms with Crippen molar-refractivity contribution in [3.63, 3.8) is 0 Å². The van der Waals surface area contributed by atoms with Crippen LogP contribution in [-0.4, -0.2) is 17.6 Å². The van der Waals surface area contributed by atoms with Crippen LogP contribution in [0.1, 0.15) is 22.4 Å². The summed E-state index contributed by atoms with van der Waals surface area (Å²) in [4.78, 5) is 14.8. The van der Waals surface area contributed by atoms with Gasteiger partial charge in [-0.1, -0.05) is 59.8 Å². The Morgan fingerprint density at radius 1 is 0.967 bits per heavy atom. The number of hydrogen-bond acceptors (Lipinski definition) is 4. The fraction of sp³-hybridized carbons (Fsp3) is 0.200. The van der Waals surface area contributed by atoms with Crippen molar-refractivity contribution in [2.75, 3.05) is 11.4 Å². The van der Waals surface area contributed by atoms with Crippen LogP contribution in [0.15, 0.2) is 77.3 Å². The van der Waals surface area contributed by atoms with Gasteiger partial charge in [-0.15, -0.1) is 0 Å². The highest BCUT2D eigenvalue weighted by molar-refractivity contribution is 5.86. The fourth-order valence-corrected chi connectivity index (χ4v) is 4.03. The SMILES string of the molecule is O=C(Cc1noc2ccccc12)NCc1ccc(CN2CCc3ccccc32)cc1. The molecule has 1 aliphatic heterocycles. The van der Waals surface area contributed by atoms with Crippen molar-refractivity contribution in [1.82, 2.24) is 10.5 Å². The molecule has 0 unspecified atom stereocenters. The van der Waals surface area contributed by atoms with Gasteiger partial charge in [-0.3, -0.25) is 4.79 Å². The Hall–Kier alpha value is -3.60. The van der Waals surface area contributed by atoms with Crippen LogP contribution in [0.3, 0.4) is 0 Å². The van der Waals surface area contributed by atoms with E-state index in [1.165, 1.54) is 16.8 Å². The molecule has 2 heterocycles. The molecule has 1 aliphatic rings. The van der Waals surface area contributed by atoms with Gasteiger partial charge in [-0.05, 0) is 41.3 Å². The smallest absolute Gasteiger partial charge is 0.226 e. The van der Waals surface area contributed by atoms with Crippen molar-refractivity contribution < 1.29 is 9.32 Å². The third kappa shape index (κ3) is 3.79. The molecule has 0 bridgehead atoms. The van der Waals surface area contributed by atoms with Gasteiger partial charge in [0.25, 0.3) is 0 Å². The summed E-state index contributed by atoms with van der Waals surface area (Å²) < 4.78 is 5.27. The Morgan fingerprint density at radius 3 is 2.63 bits per heavy atom. The summed E-state index contributed by atoms with van der Waals surface area (Å²) in [5.74, 6) is -0.0631. The highest BCUT2D eigenvalue weighted by atomic mass is 16.5.